The lowest BCUT2D eigenvalue weighted by molar-refractivity contribution is 0.0947. The first-order valence-electron chi connectivity index (χ1n) is 12.6. The largest absolute Gasteiger partial charge is 0.494 e. The van der Waals surface area contributed by atoms with Gasteiger partial charge in [-0.1, -0.05) is 43.0 Å². The second-order valence-corrected chi connectivity index (χ2v) is 8.66. The second kappa shape index (κ2) is 12.7. The van der Waals surface area contributed by atoms with Crippen LogP contribution in [0.25, 0.3) is 0 Å². The smallest absolute Gasteiger partial charge is 0.271 e. The molecule has 2 aromatic carbocycles. The van der Waals surface area contributed by atoms with Crippen molar-refractivity contribution in [3.8, 4) is 17.6 Å². The van der Waals surface area contributed by atoms with Crippen LogP contribution in [0.15, 0.2) is 60.7 Å². The summed E-state index contributed by atoms with van der Waals surface area (Å²) < 4.78 is 5.59. The standard InChI is InChI=1S/C29H33N5O2/c1-3-16-30-29(35)27-14-15-28(32-31-27)34-19-17-33(18-20-34)22-25-10-6-5-9-24(25)13-12-23-8-7-11-26(21-23)36-4-2/h5-11,14-15,21H,3-4,16-20,22H2,1-2H3,(H,30,35). The van der Waals surface area contributed by atoms with E-state index >= 15 is 0 Å². The molecule has 1 aromatic heterocycles. The van der Waals surface area contributed by atoms with Crippen LogP contribution in [-0.2, 0) is 6.54 Å². The highest BCUT2D eigenvalue weighted by Crippen LogP contribution is 2.17. The molecule has 0 bridgehead atoms. The Labute approximate surface area is 213 Å². The fraction of sp³-hybridized carbons (Fsp3) is 0.345. The van der Waals surface area contributed by atoms with Crippen LogP contribution < -0.4 is 15.0 Å². The van der Waals surface area contributed by atoms with Crippen LogP contribution in [0.3, 0.4) is 0 Å². The number of hydrogen-bond acceptors (Lipinski definition) is 6. The van der Waals surface area contributed by atoms with Gasteiger partial charge in [0.15, 0.2) is 11.5 Å². The van der Waals surface area contributed by atoms with Gasteiger partial charge in [-0.05, 0) is 55.3 Å². The topological polar surface area (TPSA) is 70.6 Å². The second-order valence-electron chi connectivity index (χ2n) is 8.66. The highest BCUT2D eigenvalue weighted by atomic mass is 16.5. The third-order valence-corrected chi connectivity index (χ3v) is 6.01. The number of amides is 1. The van der Waals surface area contributed by atoms with E-state index < -0.39 is 0 Å². The van der Waals surface area contributed by atoms with Gasteiger partial charge in [-0.25, -0.2) is 0 Å². The van der Waals surface area contributed by atoms with Crippen LogP contribution in [0.5, 0.6) is 5.75 Å². The van der Waals surface area contributed by atoms with Crippen molar-refractivity contribution < 1.29 is 9.53 Å². The Balaban J connectivity index is 1.35. The van der Waals surface area contributed by atoms with Gasteiger partial charge in [0.05, 0.1) is 6.61 Å². The number of ether oxygens (including phenoxy) is 1. The van der Waals surface area contributed by atoms with Gasteiger partial charge in [0, 0.05) is 50.4 Å². The SMILES string of the molecule is CCCNC(=O)c1ccc(N2CCN(Cc3ccccc3C#Cc3cccc(OCC)c3)CC2)nn1. The molecule has 1 saturated heterocycles. The van der Waals surface area contributed by atoms with Crippen molar-refractivity contribution in [3.63, 3.8) is 0 Å². The van der Waals surface area contributed by atoms with Gasteiger partial charge in [-0.15, -0.1) is 10.2 Å². The van der Waals surface area contributed by atoms with E-state index in [1.54, 1.807) is 6.07 Å². The monoisotopic (exact) mass is 483 g/mol. The van der Waals surface area contributed by atoms with E-state index in [-0.39, 0.29) is 5.91 Å². The summed E-state index contributed by atoms with van der Waals surface area (Å²) in [5.41, 5.74) is 3.57. The van der Waals surface area contributed by atoms with Gasteiger partial charge in [0.1, 0.15) is 5.75 Å². The number of nitrogens with one attached hydrogen (secondary N) is 1. The number of aromatic nitrogens is 2. The minimum atomic E-state index is -0.176. The van der Waals surface area contributed by atoms with Gasteiger partial charge in [0.25, 0.3) is 5.91 Å². The van der Waals surface area contributed by atoms with Crippen LogP contribution in [0, 0.1) is 11.8 Å². The molecule has 0 saturated carbocycles. The fourth-order valence-corrected chi connectivity index (χ4v) is 4.07. The normalized spacial score (nSPS) is 13.6. The zero-order valence-corrected chi connectivity index (χ0v) is 21.0. The average Bonchev–Trinajstić information content (AvgIpc) is 2.92. The first-order valence-corrected chi connectivity index (χ1v) is 12.6. The van der Waals surface area contributed by atoms with E-state index in [1.807, 2.05) is 50.2 Å². The molecule has 0 radical (unpaired) electrons. The maximum absolute atomic E-state index is 12.1. The molecule has 3 aromatic rings. The van der Waals surface area contributed by atoms with E-state index in [9.17, 15) is 4.79 Å². The summed E-state index contributed by atoms with van der Waals surface area (Å²) >= 11 is 0. The minimum absolute atomic E-state index is 0.176. The summed E-state index contributed by atoms with van der Waals surface area (Å²) in [5.74, 6) is 8.12. The molecule has 0 spiro atoms. The Bertz CT molecular complexity index is 1210. The van der Waals surface area contributed by atoms with Crippen LogP contribution in [0.4, 0.5) is 5.82 Å². The summed E-state index contributed by atoms with van der Waals surface area (Å²) in [5, 5.41) is 11.3. The fourth-order valence-electron chi connectivity index (χ4n) is 4.07. The van der Waals surface area contributed by atoms with E-state index in [0.29, 0.717) is 18.8 Å². The molecule has 1 aliphatic rings. The Morgan fingerprint density at radius 1 is 0.972 bits per heavy atom. The van der Waals surface area contributed by atoms with E-state index in [1.165, 1.54) is 5.56 Å². The van der Waals surface area contributed by atoms with Crippen LogP contribution in [-0.4, -0.2) is 60.3 Å². The number of piperazine rings is 1. The molecule has 0 unspecified atom stereocenters. The van der Waals surface area contributed by atoms with Crippen LogP contribution in [0.1, 0.15) is 47.4 Å². The molecule has 7 nitrogen and oxygen atoms in total. The highest BCUT2D eigenvalue weighted by Gasteiger charge is 2.19. The van der Waals surface area contributed by atoms with E-state index in [2.05, 4.69) is 55.4 Å². The molecular weight excluding hydrogens is 450 g/mol. The first kappa shape index (κ1) is 25.2. The number of anilines is 1. The maximum Gasteiger partial charge on any atom is 0.271 e. The average molecular weight is 484 g/mol. The Hall–Kier alpha value is -3.89. The van der Waals surface area contributed by atoms with E-state index in [0.717, 1.165) is 61.8 Å². The number of carbonyl (C=O) groups excluding carboxylic acids is 1. The lowest BCUT2D eigenvalue weighted by Gasteiger charge is -2.35. The van der Waals surface area contributed by atoms with Gasteiger partial charge in [0.2, 0.25) is 0 Å². The number of rotatable bonds is 8. The predicted octanol–water partition coefficient (Wildman–Crippen LogP) is 3.74. The predicted molar refractivity (Wildman–Crippen MR) is 142 cm³/mol. The Morgan fingerprint density at radius 3 is 2.56 bits per heavy atom. The van der Waals surface area contributed by atoms with Gasteiger partial charge >= 0.3 is 0 Å². The first-order chi connectivity index (χ1) is 17.7. The van der Waals surface area contributed by atoms with Crippen molar-refractivity contribution in [1.82, 2.24) is 20.4 Å². The van der Waals surface area contributed by atoms with Gasteiger partial charge < -0.3 is 15.0 Å². The van der Waals surface area contributed by atoms with Crippen molar-refractivity contribution in [2.24, 2.45) is 0 Å². The molecule has 7 heteroatoms. The summed E-state index contributed by atoms with van der Waals surface area (Å²) in [6, 6.07) is 19.9. The number of hydrogen-bond donors (Lipinski definition) is 1. The molecule has 1 amide bonds. The quantitative estimate of drug-likeness (QED) is 0.493. The molecular formula is C29H33N5O2. The molecule has 1 aliphatic heterocycles. The summed E-state index contributed by atoms with van der Waals surface area (Å²) in [7, 11) is 0. The highest BCUT2D eigenvalue weighted by molar-refractivity contribution is 5.92. The third-order valence-electron chi connectivity index (χ3n) is 6.01. The van der Waals surface area contributed by atoms with Crippen molar-refractivity contribution >= 4 is 11.7 Å². The van der Waals surface area contributed by atoms with Crippen molar-refractivity contribution in [3.05, 3.63) is 83.0 Å². The maximum atomic E-state index is 12.1. The Kier molecular flexibility index (Phi) is 8.90. The van der Waals surface area contributed by atoms with Gasteiger partial charge in [-0.2, -0.15) is 0 Å². The zero-order chi connectivity index (χ0) is 25.2. The minimum Gasteiger partial charge on any atom is -0.494 e. The summed E-state index contributed by atoms with van der Waals surface area (Å²) in [6.45, 7) is 9.66. The van der Waals surface area contributed by atoms with Crippen molar-refractivity contribution in [1.29, 1.82) is 0 Å². The van der Waals surface area contributed by atoms with Crippen LogP contribution in [0.2, 0.25) is 0 Å². The number of carbonyl (C=O) groups is 1. The summed E-state index contributed by atoms with van der Waals surface area (Å²) in [4.78, 5) is 16.7. The molecule has 1 N–H and O–H groups in total. The third kappa shape index (κ3) is 6.83. The molecule has 1 fully saturated rings. The molecule has 36 heavy (non-hydrogen) atoms. The molecule has 186 valence electrons. The van der Waals surface area contributed by atoms with Gasteiger partial charge in [-0.3, -0.25) is 9.69 Å². The lowest BCUT2D eigenvalue weighted by atomic mass is 10.1. The zero-order valence-electron chi connectivity index (χ0n) is 21.0. The molecule has 2 heterocycles. The molecule has 4 rings (SSSR count). The lowest BCUT2D eigenvalue weighted by Crippen LogP contribution is -2.46. The van der Waals surface area contributed by atoms with Crippen LogP contribution >= 0.6 is 0 Å². The number of benzene rings is 2. The van der Waals surface area contributed by atoms with E-state index in [4.69, 9.17) is 4.74 Å². The van der Waals surface area contributed by atoms with Crippen molar-refractivity contribution in [2.75, 3.05) is 44.2 Å². The summed E-state index contributed by atoms with van der Waals surface area (Å²) in [6.07, 6.45) is 0.890. The van der Waals surface area contributed by atoms with Crippen molar-refractivity contribution in [2.45, 2.75) is 26.8 Å². The Morgan fingerprint density at radius 2 is 1.81 bits per heavy atom. The molecule has 0 aliphatic carbocycles. The number of nitrogens with zero attached hydrogens (tertiary/aromatic N) is 4. The molecule has 0 atom stereocenters.